The number of pyridine rings is 2. The van der Waals surface area contributed by atoms with Crippen LogP contribution in [-0.4, -0.2) is 38.9 Å². The minimum absolute atomic E-state index is 0.106. The minimum Gasteiger partial charge on any atom is -0.382 e. The highest BCUT2D eigenvalue weighted by Crippen LogP contribution is 2.23. The second kappa shape index (κ2) is 10.8. The molecule has 0 radical (unpaired) electrons. The standard InChI is InChI=1S/C27H35N5O/c1-20-11-10-12-21(2)31(20)17-8-3-9-18-32-25-15-5-4-13-22(25)19-24(27(32)33)30-26(28)23-14-6-7-16-29-23/h4-7,13-16,19-21H,3,8-12,17-18H2,1-2H3,(H2,28,30)/t20-,21+. The molecule has 4 rings (SSSR count). The van der Waals surface area contributed by atoms with Crippen molar-refractivity contribution < 1.29 is 0 Å². The molecule has 3 aromatic rings. The van der Waals surface area contributed by atoms with E-state index in [1.165, 1.54) is 19.3 Å². The van der Waals surface area contributed by atoms with Crippen molar-refractivity contribution in [2.45, 2.75) is 71.0 Å². The van der Waals surface area contributed by atoms with Gasteiger partial charge >= 0.3 is 0 Å². The van der Waals surface area contributed by atoms with Gasteiger partial charge in [-0.05, 0) is 70.3 Å². The maximum atomic E-state index is 13.3. The minimum atomic E-state index is -0.106. The maximum absolute atomic E-state index is 13.3. The van der Waals surface area contributed by atoms with Crippen LogP contribution in [0.1, 0.15) is 58.1 Å². The van der Waals surface area contributed by atoms with Gasteiger partial charge in [0, 0.05) is 30.2 Å². The summed E-state index contributed by atoms with van der Waals surface area (Å²) in [6, 6.07) is 16.6. The van der Waals surface area contributed by atoms with E-state index < -0.39 is 0 Å². The van der Waals surface area contributed by atoms with Crippen molar-refractivity contribution in [2.24, 2.45) is 10.7 Å². The number of amidine groups is 1. The van der Waals surface area contributed by atoms with E-state index >= 15 is 0 Å². The molecule has 2 atom stereocenters. The van der Waals surface area contributed by atoms with E-state index in [1.54, 1.807) is 12.3 Å². The molecule has 1 fully saturated rings. The summed E-state index contributed by atoms with van der Waals surface area (Å²) in [5.74, 6) is 0.249. The smallest absolute Gasteiger partial charge is 0.276 e. The summed E-state index contributed by atoms with van der Waals surface area (Å²) < 4.78 is 1.85. The van der Waals surface area contributed by atoms with E-state index in [-0.39, 0.29) is 11.4 Å². The Balaban J connectivity index is 1.49. The molecule has 1 aromatic carbocycles. The second-order valence-corrected chi connectivity index (χ2v) is 9.18. The highest BCUT2D eigenvalue weighted by atomic mass is 16.1. The Morgan fingerprint density at radius 1 is 1.03 bits per heavy atom. The number of nitrogens with zero attached hydrogens (tertiary/aromatic N) is 4. The Labute approximate surface area is 196 Å². The summed E-state index contributed by atoms with van der Waals surface area (Å²) in [5.41, 5.74) is 7.91. The van der Waals surface area contributed by atoms with Crippen molar-refractivity contribution in [3.63, 3.8) is 0 Å². The highest BCUT2D eigenvalue weighted by molar-refractivity contribution is 5.97. The molecular weight excluding hydrogens is 410 g/mol. The number of unbranched alkanes of at least 4 members (excludes halogenated alkanes) is 2. The fourth-order valence-electron chi connectivity index (χ4n) is 4.97. The van der Waals surface area contributed by atoms with Crippen LogP contribution in [0.3, 0.4) is 0 Å². The lowest BCUT2D eigenvalue weighted by molar-refractivity contribution is 0.101. The van der Waals surface area contributed by atoms with Gasteiger partial charge < -0.3 is 10.3 Å². The summed E-state index contributed by atoms with van der Waals surface area (Å²) in [7, 11) is 0. The van der Waals surface area contributed by atoms with Crippen LogP contribution in [0.4, 0.5) is 5.69 Å². The summed E-state index contributed by atoms with van der Waals surface area (Å²) in [5, 5.41) is 0.987. The van der Waals surface area contributed by atoms with E-state index in [2.05, 4.69) is 28.7 Å². The first-order valence-corrected chi connectivity index (χ1v) is 12.2. The average molecular weight is 446 g/mol. The number of hydrogen-bond acceptors (Lipinski definition) is 4. The zero-order valence-corrected chi connectivity index (χ0v) is 19.8. The molecule has 0 bridgehead atoms. The van der Waals surface area contributed by atoms with Crippen molar-refractivity contribution in [1.29, 1.82) is 0 Å². The van der Waals surface area contributed by atoms with E-state index in [0.717, 1.165) is 36.7 Å². The number of benzene rings is 1. The Bertz CT molecular complexity index is 1140. The summed E-state index contributed by atoms with van der Waals surface area (Å²) >= 11 is 0. The predicted molar refractivity (Wildman–Crippen MR) is 136 cm³/mol. The predicted octanol–water partition coefficient (Wildman–Crippen LogP) is 4.87. The lowest BCUT2D eigenvalue weighted by atomic mass is 9.97. The molecule has 0 aliphatic carbocycles. The van der Waals surface area contributed by atoms with E-state index in [0.29, 0.717) is 30.0 Å². The van der Waals surface area contributed by atoms with Crippen LogP contribution in [0.5, 0.6) is 0 Å². The third kappa shape index (κ3) is 5.50. The first kappa shape index (κ1) is 23.2. The third-order valence-corrected chi connectivity index (χ3v) is 6.83. The molecule has 2 aromatic heterocycles. The van der Waals surface area contributed by atoms with Crippen molar-refractivity contribution in [2.75, 3.05) is 6.54 Å². The molecule has 2 N–H and O–H groups in total. The molecule has 6 heteroatoms. The zero-order chi connectivity index (χ0) is 23.2. The van der Waals surface area contributed by atoms with Crippen LogP contribution in [0, 0.1) is 0 Å². The molecule has 0 unspecified atom stereocenters. The van der Waals surface area contributed by atoms with Gasteiger partial charge in [0.2, 0.25) is 0 Å². The Morgan fingerprint density at radius 3 is 2.52 bits per heavy atom. The van der Waals surface area contributed by atoms with Crippen molar-refractivity contribution in [3.05, 3.63) is 70.8 Å². The number of aliphatic imine (C=N–C) groups is 1. The highest BCUT2D eigenvalue weighted by Gasteiger charge is 2.23. The third-order valence-electron chi connectivity index (χ3n) is 6.83. The maximum Gasteiger partial charge on any atom is 0.276 e. The summed E-state index contributed by atoms with van der Waals surface area (Å²) in [6.07, 6.45) is 8.84. The molecule has 1 aliphatic rings. The zero-order valence-electron chi connectivity index (χ0n) is 19.8. The SMILES string of the molecule is C[C@@H]1CCC[C@H](C)N1CCCCCn1c(=O)c(N=C(N)c2ccccn2)cc2ccccc21. The Morgan fingerprint density at radius 2 is 1.76 bits per heavy atom. The number of fused-ring (bicyclic) bond motifs is 1. The van der Waals surface area contributed by atoms with Crippen LogP contribution < -0.4 is 11.3 Å². The van der Waals surface area contributed by atoms with Gasteiger partial charge in [0.15, 0.2) is 0 Å². The van der Waals surface area contributed by atoms with E-state index in [1.807, 2.05) is 47.0 Å². The first-order chi connectivity index (χ1) is 16.0. The van der Waals surface area contributed by atoms with Crippen LogP contribution in [0.15, 0.2) is 64.5 Å². The lowest BCUT2D eigenvalue weighted by Crippen LogP contribution is -2.44. The van der Waals surface area contributed by atoms with Gasteiger partial charge in [-0.2, -0.15) is 0 Å². The van der Waals surface area contributed by atoms with Gasteiger partial charge in [-0.3, -0.25) is 14.7 Å². The number of rotatable bonds is 8. The Hall–Kier alpha value is -2.99. The molecule has 33 heavy (non-hydrogen) atoms. The number of para-hydroxylation sites is 1. The summed E-state index contributed by atoms with van der Waals surface area (Å²) in [6.45, 7) is 6.52. The van der Waals surface area contributed by atoms with Gasteiger partial charge in [0.25, 0.3) is 5.56 Å². The number of likely N-dealkylation sites (tertiary alicyclic amines) is 1. The number of hydrogen-bond donors (Lipinski definition) is 1. The molecule has 0 saturated carbocycles. The molecule has 1 saturated heterocycles. The van der Waals surface area contributed by atoms with E-state index in [4.69, 9.17) is 5.73 Å². The van der Waals surface area contributed by atoms with Gasteiger partial charge in [0.1, 0.15) is 17.2 Å². The largest absolute Gasteiger partial charge is 0.382 e. The van der Waals surface area contributed by atoms with Gasteiger partial charge in [-0.25, -0.2) is 4.99 Å². The lowest BCUT2D eigenvalue weighted by Gasteiger charge is -2.39. The summed E-state index contributed by atoms with van der Waals surface area (Å²) in [4.78, 5) is 24.7. The van der Waals surface area contributed by atoms with Crippen molar-refractivity contribution in [3.8, 4) is 0 Å². The Kier molecular flexibility index (Phi) is 7.55. The molecule has 0 spiro atoms. The number of piperidine rings is 1. The van der Waals surface area contributed by atoms with Crippen LogP contribution >= 0.6 is 0 Å². The molecular formula is C27H35N5O. The molecule has 0 amide bonds. The quantitative estimate of drug-likeness (QED) is 0.305. The number of nitrogens with two attached hydrogens (primary N) is 1. The first-order valence-electron chi connectivity index (χ1n) is 12.2. The van der Waals surface area contributed by atoms with Gasteiger partial charge in [-0.15, -0.1) is 0 Å². The van der Waals surface area contributed by atoms with E-state index in [9.17, 15) is 4.79 Å². The molecule has 1 aliphatic heterocycles. The number of aryl methyl sites for hydroxylation is 1. The van der Waals surface area contributed by atoms with Gasteiger partial charge in [0.05, 0.1) is 5.52 Å². The van der Waals surface area contributed by atoms with Crippen molar-refractivity contribution in [1.82, 2.24) is 14.5 Å². The second-order valence-electron chi connectivity index (χ2n) is 9.18. The average Bonchev–Trinajstić information content (AvgIpc) is 2.83. The van der Waals surface area contributed by atoms with Crippen LogP contribution in [0.2, 0.25) is 0 Å². The van der Waals surface area contributed by atoms with Crippen LogP contribution in [-0.2, 0) is 6.54 Å². The number of aromatic nitrogens is 2. The molecule has 3 heterocycles. The molecule has 174 valence electrons. The fourth-order valence-corrected chi connectivity index (χ4v) is 4.97. The topological polar surface area (TPSA) is 76.5 Å². The monoisotopic (exact) mass is 445 g/mol. The molecule has 6 nitrogen and oxygen atoms in total. The fraction of sp³-hybridized carbons (Fsp3) is 0.444. The normalized spacial score (nSPS) is 19.8. The van der Waals surface area contributed by atoms with Crippen molar-refractivity contribution >= 4 is 22.4 Å². The van der Waals surface area contributed by atoms with Crippen LogP contribution in [0.25, 0.3) is 10.9 Å². The van der Waals surface area contributed by atoms with Gasteiger partial charge in [-0.1, -0.05) is 37.1 Å².